The molecule has 0 bridgehead atoms. The van der Waals surface area contributed by atoms with Gasteiger partial charge in [0.05, 0.1) is 11.2 Å². The van der Waals surface area contributed by atoms with Crippen molar-refractivity contribution in [2.24, 2.45) is 0 Å². The highest BCUT2D eigenvalue weighted by molar-refractivity contribution is 6.37. The van der Waals surface area contributed by atoms with E-state index in [9.17, 15) is 14.4 Å². The minimum absolute atomic E-state index is 0.219. The summed E-state index contributed by atoms with van der Waals surface area (Å²) < 4.78 is 5.25. The highest BCUT2D eigenvalue weighted by Gasteiger charge is 2.40. The molecule has 3 amide bonds. The topological polar surface area (TPSA) is 92.5 Å². The van der Waals surface area contributed by atoms with Crippen LogP contribution in [0.5, 0.6) is 0 Å². The van der Waals surface area contributed by atoms with Crippen molar-refractivity contribution < 1.29 is 18.9 Å². The number of halogens is 1. The molecular formula is C20H14ClN3O4. The predicted molar refractivity (Wildman–Crippen MR) is 101 cm³/mol. The Morgan fingerprint density at radius 2 is 1.93 bits per heavy atom. The maximum absolute atomic E-state index is 13.0. The van der Waals surface area contributed by atoms with E-state index in [4.69, 9.17) is 16.1 Å². The molecule has 2 aliphatic heterocycles. The van der Waals surface area contributed by atoms with Crippen molar-refractivity contribution in [3.8, 4) is 11.1 Å². The minimum atomic E-state index is -0.655. The fourth-order valence-corrected chi connectivity index (χ4v) is 4.26. The summed E-state index contributed by atoms with van der Waals surface area (Å²) in [6.07, 6.45) is 2.14. The van der Waals surface area contributed by atoms with Crippen LogP contribution in [0, 0.1) is 0 Å². The number of hydrogen-bond acceptors (Lipinski definition) is 5. The number of fused-ring (bicyclic) bond motifs is 2. The van der Waals surface area contributed by atoms with Gasteiger partial charge in [0.2, 0.25) is 11.8 Å². The van der Waals surface area contributed by atoms with Gasteiger partial charge >= 0.3 is 0 Å². The van der Waals surface area contributed by atoms with E-state index < -0.39 is 11.9 Å². The number of aromatic nitrogens is 1. The van der Waals surface area contributed by atoms with Crippen LogP contribution < -0.4 is 5.32 Å². The van der Waals surface area contributed by atoms with E-state index in [1.165, 1.54) is 4.90 Å². The van der Waals surface area contributed by atoms with Crippen molar-refractivity contribution >= 4 is 40.3 Å². The Morgan fingerprint density at radius 1 is 1.11 bits per heavy atom. The summed E-state index contributed by atoms with van der Waals surface area (Å²) in [5.41, 5.74) is 3.38. The fraction of sp³-hybridized carbons (Fsp3) is 0.200. The third kappa shape index (κ3) is 2.43. The quantitative estimate of drug-likeness (QED) is 0.673. The van der Waals surface area contributed by atoms with Crippen molar-refractivity contribution in [1.82, 2.24) is 15.4 Å². The number of nitrogens with zero attached hydrogens (tertiary/aromatic N) is 2. The first-order valence-corrected chi connectivity index (χ1v) is 9.22. The van der Waals surface area contributed by atoms with Crippen molar-refractivity contribution in [3.63, 3.8) is 0 Å². The first-order chi connectivity index (χ1) is 13.5. The molecule has 1 unspecified atom stereocenters. The largest absolute Gasteiger partial charge is 0.355 e. The molecule has 2 aliphatic rings. The lowest BCUT2D eigenvalue weighted by Crippen LogP contribution is -2.52. The molecule has 1 atom stereocenters. The molecule has 8 heteroatoms. The van der Waals surface area contributed by atoms with Crippen LogP contribution in [-0.2, 0) is 16.1 Å². The summed E-state index contributed by atoms with van der Waals surface area (Å²) in [4.78, 5) is 38.2. The molecule has 1 saturated heterocycles. The highest BCUT2D eigenvalue weighted by Crippen LogP contribution is 2.40. The number of nitrogens with one attached hydrogen (secondary N) is 1. The summed E-state index contributed by atoms with van der Waals surface area (Å²) in [7, 11) is 0. The SMILES string of the molecule is O=C1CCC(N2Cc3c(cccc3-c3ccc4cnoc4c3Cl)C2=O)C(=O)N1. The molecule has 5 rings (SSSR count). The molecule has 0 spiro atoms. The van der Waals surface area contributed by atoms with Gasteiger partial charge in [-0.05, 0) is 29.7 Å². The van der Waals surface area contributed by atoms with Gasteiger partial charge in [0.15, 0.2) is 5.58 Å². The summed E-state index contributed by atoms with van der Waals surface area (Å²) in [6, 6.07) is 8.51. The van der Waals surface area contributed by atoms with Crippen molar-refractivity contribution in [2.75, 3.05) is 0 Å². The summed E-state index contributed by atoms with van der Waals surface area (Å²) in [5.74, 6) is -0.957. The highest BCUT2D eigenvalue weighted by atomic mass is 35.5. The Bertz CT molecular complexity index is 1170. The number of piperidine rings is 1. The Balaban J connectivity index is 1.57. The number of benzene rings is 2. The van der Waals surface area contributed by atoms with E-state index in [1.807, 2.05) is 18.2 Å². The number of hydrogen-bond donors (Lipinski definition) is 1. The van der Waals surface area contributed by atoms with Gasteiger partial charge < -0.3 is 9.42 Å². The second kappa shape index (κ2) is 6.17. The molecule has 28 heavy (non-hydrogen) atoms. The molecule has 0 aliphatic carbocycles. The number of carbonyl (C=O) groups excluding carboxylic acids is 3. The maximum Gasteiger partial charge on any atom is 0.255 e. The van der Waals surface area contributed by atoms with E-state index in [0.717, 1.165) is 22.1 Å². The van der Waals surface area contributed by atoms with Crippen LogP contribution in [0.3, 0.4) is 0 Å². The van der Waals surface area contributed by atoms with E-state index in [1.54, 1.807) is 18.3 Å². The molecule has 2 aromatic carbocycles. The Kier molecular flexibility index (Phi) is 3.73. The Labute approximate surface area is 164 Å². The Morgan fingerprint density at radius 3 is 2.75 bits per heavy atom. The van der Waals surface area contributed by atoms with Crippen molar-refractivity contribution in [1.29, 1.82) is 0 Å². The molecule has 0 radical (unpaired) electrons. The third-order valence-corrected chi connectivity index (χ3v) is 5.71. The second-order valence-electron chi connectivity index (χ2n) is 6.90. The van der Waals surface area contributed by atoms with Crippen LogP contribution in [0.2, 0.25) is 5.02 Å². The van der Waals surface area contributed by atoms with Gasteiger partial charge in [-0.1, -0.05) is 35.0 Å². The monoisotopic (exact) mass is 395 g/mol. The van der Waals surface area contributed by atoms with E-state index in [-0.39, 0.29) is 24.8 Å². The van der Waals surface area contributed by atoms with Gasteiger partial charge in [0.1, 0.15) is 6.04 Å². The molecule has 1 fully saturated rings. The molecule has 3 aromatic rings. The molecular weight excluding hydrogens is 382 g/mol. The standard InChI is InChI=1S/C20H14ClN3O4/c21-17-12(5-4-10-8-22-28-18(10)17)11-2-1-3-13-14(11)9-24(20(13)27)15-6-7-16(25)23-19(15)26/h1-5,8,15H,6-7,9H2,(H,23,25,26). The van der Waals surface area contributed by atoms with Gasteiger partial charge in [0, 0.05) is 29.5 Å². The zero-order valence-corrected chi connectivity index (χ0v) is 15.3. The zero-order valence-electron chi connectivity index (χ0n) is 14.6. The van der Waals surface area contributed by atoms with Crippen LogP contribution >= 0.6 is 11.6 Å². The number of carbonyl (C=O) groups is 3. The average molecular weight is 396 g/mol. The van der Waals surface area contributed by atoms with Gasteiger partial charge in [-0.2, -0.15) is 0 Å². The first kappa shape index (κ1) is 16.9. The number of amides is 3. The zero-order chi connectivity index (χ0) is 19.4. The third-order valence-electron chi connectivity index (χ3n) is 5.34. The van der Waals surface area contributed by atoms with Gasteiger partial charge in [0.25, 0.3) is 5.91 Å². The van der Waals surface area contributed by atoms with Gasteiger partial charge in [-0.15, -0.1) is 0 Å². The van der Waals surface area contributed by atoms with Crippen molar-refractivity contribution in [3.05, 3.63) is 52.7 Å². The molecule has 0 saturated carbocycles. The van der Waals surface area contributed by atoms with E-state index in [0.29, 0.717) is 22.6 Å². The summed E-state index contributed by atoms with van der Waals surface area (Å²) in [6.45, 7) is 0.279. The van der Waals surface area contributed by atoms with Crippen LogP contribution in [0.4, 0.5) is 0 Å². The van der Waals surface area contributed by atoms with Crippen LogP contribution in [0.15, 0.2) is 41.1 Å². The van der Waals surface area contributed by atoms with Crippen LogP contribution in [0.25, 0.3) is 22.1 Å². The normalized spacial score (nSPS) is 19.2. The first-order valence-electron chi connectivity index (χ1n) is 8.84. The Hall–Kier alpha value is -3.19. The second-order valence-corrected chi connectivity index (χ2v) is 7.28. The molecule has 1 aromatic heterocycles. The average Bonchev–Trinajstić information content (AvgIpc) is 3.28. The van der Waals surface area contributed by atoms with Gasteiger partial charge in [-0.25, -0.2) is 0 Å². The number of imide groups is 1. The van der Waals surface area contributed by atoms with E-state index >= 15 is 0 Å². The number of rotatable bonds is 2. The summed E-state index contributed by atoms with van der Waals surface area (Å²) >= 11 is 6.55. The molecule has 140 valence electrons. The molecule has 7 nitrogen and oxygen atoms in total. The minimum Gasteiger partial charge on any atom is -0.355 e. The van der Waals surface area contributed by atoms with Crippen LogP contribution in [0.1, 0.15) is 28.8 Å². The fourth-order valence-electron chi connectivity index (χ4n) is 3.95. The predicted octanol–water partition coefficient (Wildman–Crippen LogP) is 2.91. The van der Waals surface area contributed by atoms with Crippen molar-refractivity contribution in [2.45, 2.75) is 25.4 Å². The molecule has 3 heterocycles. The lowest BCUT2D eigenvalue weighted by molar-refractivity contribution is -0.136. The maximum atomic E-state index is 13.0. The van der Waals surface area contributed by atoms with E-state index in [2.05, 4.69) is 10.5 Å². The molecule has 1 N–H and O–H groups in total. The lowest BCUT2D eigenvalue weighted by atomic mass is 9.96. The van der Waals surface area contributed by atoms with Crippen LogP contribution in [-0.4, -0.2) is 33.8 Å². The smallest absolute Gasteiger partial charge is 0.255 e. The van der Waals surface area contributed by atoms with Gasteiger partial charge in [-0.3, -0.25) is 19.7 Å². The lowest BCUT2D eigenvalue weighted by Gasteiger charge is -2.29. The summed E-state index contributed by atoms with van der Waals surface area (Å²) in [5, 5.41) is 7.31.